The zero-order valence-electron chi connectivity index (χ0n) is 7.88. The Morgan fingerprint density at radius 2 is 2.13 bits per heavy atom. The van der Waals surface area contributed by atoms with Crippen molar-refractivity contribution >= 4 is 5.91 Å². The Bertz CT molecular complexity index is 463. The summed E-state index contributed by atoms with van der Waals surface area (Å²) in [5.41, 5.74) is 6.43. The topological polar surface area (TPSA) is 69.1 Å². The lowest BCUT2D eigenvalue weighted by atomic mass is 10.0. The van der Waals surface area contributed by atoms with Crippen LogP contribution in [-0.2, 0) is 0 Å². The van der Waals surface area contributed by atoms with Crippen LogP contribution in [0.25, 0.3) is 0 Å². The standard InChI is InChI=1S/C11H9N2O2/c12-11(14)10-4-2-1-3-8(10)7-9-5-6-13-15-9/h1-7H,(H2,12,14). The molecule has 2 rings (SSSR count). The largest absolute Gasteiger partial charge is 0.366 e. The second-order valence-electron chi connectivity index (χ2n) is 3.01. The summed E-state index contributed by atoms with van der Waals surface area (Å²) in [6.07, 6.45) is 3.26. The Balaban J connectivity index is 2.32. The van der Waals surface area contributed by atoms with Gasteiger partial charge >= 0.3 is 0 Å². The molecule has 0 aliphatic rings. The van der Waals surface area contributed by atoms with Crippen LogP contribution < -0.4 is 5.73 Å². The number of carbonyl (C=O) groups is 1. The Morgan fingerprint density at radius 1 is 1.33 bits per heavy atom. The smallest absolute Gasteiger partial charge is 0.249 e. The fraction of sp³-hybridized carbons (Fsp3) is 0. The van der Waals surface area contributed by atoms with Gasteiger partial charge in [0.25, 0.3) is 0 Å². The van der Waals surface area contributed by atoms with Gasteiger partial charge in [-0.2, -0.15) is 0 Å². The summed E-state index contributed by atoms with van der Waals surface area (Å²) in [5, 5.41) is 3.57. The first-order valence-electron chi connectivity index (χ1n) is 4.41. The lowest BCUT2D eigenvalue weighted by molar-refractivity contribution is 0.1000. The van der Waals surface area contributed by atoms with Crippen molar-refractivity contribution in [3.8, 4) is 0 Å². The number of carbonyl (C=O) groups excluding carboxylic acids is 1. The molecule has 1 amide bonds. The summed E-state index contributed by atoms with van der Waals surface area (Å²) in [7, 11) is 0. The second-order valence-corrected chi connectivity index (χ2v) is 3.01. The highest BCUT2D eigenvalue weighted by molar-refractivity contribution is 5.94. The molecular weight excluding hydrogens is 192 g/mol. The number of nitrogens with zero attached hydrogens (tertiary/aromatic N) is 1. The molecule has 1 radical (unpaired) electrons. The third kappa shape index (κ3) is 2.04. The van der Waals surface area contributed by atoms with Gasteiger partial charge in [0, 0.05) is 11.6 Å². The van der Waals surface area contributed by atoms with E-state index < -0.39 is 5.91 Å². The SMILES string of the molecule is NC(=O)c1ccccc1[CH]c1ccno1. The number of hydrogen-bond donors (Lipinski definition) is 1. The van der Waals surface area contributed by atoms with E-state index in [2.05, 4.69) is 5.16 Å². The van der Waals surface area contributed by atoms with Crippen LogP contribution in [0.2, 0.25) is 0 Å². The summed E-state index contributed by atoms with van der Waals surface area (Å²) in [5.74, 6) is 0.130. The van der Waals surface area contributed by atoms with Gasteiger partial charge in [0.15, 0.2) is 0 Å². The van der Waals surface area contributed by atoms with Gasteiger partial charge in [-0.3, -0.25) is 4.79 Å². The molecule has 0 bridgehead atoms. The zero-order valence-corrected chi connectivity index (χ0v) is 7.88. The maximum atomic E-state index is 11.1. The molecule has 0 aliphatic carbocycles. The molecule has 75 valence electrons. The number of amides is 1. The molecule has 0 saturated heterocycles. The summed E-state index contributed by atoms with van der Waals surface area (Å²) in [4.78, 5) is 11.1. The van der Waals surface area contributed by atoms with E-state index in [4.69, 9.17) is 10.3 Å². The number of aromatic nitrogens is 1. The predicted molar refractivity (Wildman–Crippen MR) is 54.0 cm³/mol. The van der Waals surface area contributed by atoms with Crippen LogP contribution in [-0.4, -0.2) is 11.1 Å². The van der Waals surface area contributed by atoms with E-state index in [-0.39, 0.29) is 0 Å². The normalized spacial score (nSPS) is 10.1. The summed E-state index contributed by atoms with van der Waals surface area (Å²) in [6, 6.07) is 8.76. The molecule has 0 unspecified atom stereocenters. The van der Waals surface area contributed by atoms with Gasteiger partial charge in [-0.05, 0) is 11.6 Å². The van der Waals surface area contributed by atoms with Crippen LogP contribution in [0.5, 0.6) is 0 Å². The fourth-order valence-corrected chi connectivity index (χ4v) is 1.30. The predicted octanol–water partition coefficient (Wildman–Crippen LogP) is 1.37. The lowest BCUT2D eigenvalue weighted by Crippen LogP contribution is -2.13. The van der Waals surface area contributed by atoms with Gasteiger partial charge in [-0.1, -0.05) is 23.4 Å². The molecule has 1 aromatic heterocycles. The number of rotatable bonds is 3. The summed E-state index contributed by atoms with van der Waals surface area (Å²) >= 11 is 0. The molecule has 0 fully saturated rings. The van der Waals surface area contributed by atoms with Crippen LogP contribution in [0.4, 0.5) is 0 Å². The quantitative estimate of drug-likeness (QED) is 0.815. The highest BCUT2D eigenvalue weighted by Gasteiger charge is 2.09. The molecule has 0 atom stereocenters. The van der Waals surface area contributed by atoms with Crippen molar-refractivity contribution in [1.82, 2.24) is 5.16 Å². The Hall–Kier alpha value is -2.10. The highest BCUT2D eigenvalue weighted by Crippen LogP contribution is 2.15. The highest BCUT2D eigenvalue weighted by atomic mass is 16.5. The van der Waals surface area contributed by atoms with Crippen molar-refractivity contribution in [2.45, 2.75) is 0 Å². The van der Waals surface area contributed by atoms with Crippen LogP contribution in [0.15, 0.2) is 41.1 Å². The molecule has 0 spiro atoms. The van der Waals surface area contributed by atoms with Crippen molar-refractivity contribution in [1.29, 1.82) is 0 Å². The number of benzene rings is 1. The van der Waals surface area contributed by atoms with Crippen LogP contribution in [0.1, 0.15) is 21.7 Å². The first-order valence-corrected chi connectivity index (χ1v) is 4.41. The first-order chi connectivity index (χ1) is 7.27. The minimum Gasteiger partial charge on any atom is -0.366 e. The zero-order chi connectivity index (χ0) is 10.7. The maximum Gasteiger partial charge on any atom is 0.249 e. The average molecular weight is 201 g/mol. The summed E-state index contributed by atoms with van der Waals surface area (Å²) < 4.78 is 4.91. The first kappa shape index (κ1) is 9.45. The monoisotopic (exact) mass is 201 g/mol. The van der Waals surface area contributed by atoms with Gasteiger partial charge in [-0.15, -0.1) is 0 Å². The van der Waals surface area contributed by atoms with Gasteiger partial charge in [-0.25, -0.2) is 0 Å². The Kier molecular flexibility index (Phi) is 2.49. The Labute approximate surface area is 86.7 Å². The third-order valence-corrected chi connectivity index (χ3v) is 1.98. The van der Waals surface area contributed by atoms with E-state index in [0.717, 1.165) is 5.56 Å². The molecule has 0 saturated carbocycles. The van der Waals surface area contributed by atoms with E-state index in [1.807, 2.05) is 6.07 Å². The van der Waals surface area contributed by atoms with Gasteiger partial charge in [0.2, 0.25) is 5.91 Å². The van der Waals surface area contributed by atoms with E-state index in [0.29, 0.717) is 11.3 Å². The van der Waals surface area contributed by atoms with Gasteiger partial charge in [0.05, 0.1) is 12.6 Å². The fourth-order valence-electron chi connectivity index (χ4n) is 1.30. The van der Waals surface area contributed by atoms with Crippen molar-refractivity contribution in [3.63, 3.8) is 0 Å². The van der Waals surface area contributed by atoms with E-state index >= 15 is 0 Å². The van der Waals surface area contributed by atoms with Crippen LogP contribution in [0, 0.1) is 6.42 Å². The third-order valence-electron chi connectivity index (χ3n) is 1.98. The van der Waals surface area contributed by atoms with E-state index in [1.165, 1.54) is 0 Å². The maximum absolute atomic E-state index is 11.1. The molecule has 1 heterocycles. The number of hydrogen-bond acceptors (Lipinski definition) is 3. The summed E-state index contributed by atoms with van der Waals surface area (Å²) in [6.45, 7) is 0. The minimum absolute atomic E-state index is 0.457. The number of nitrogens with two attached hydrogens (primary N) is 1. The van der Waals surface area contributed by atoms with E-state index in [9.17, 15) is 4.79 Å². The minimum atomic E-state index is -0.457. The van der Waals surface area contributed by atoms with Crippen LogP contribution >= 0.6 is 0 Å². The second kappa shape index (κ2) is 3.96. The van der Waals surface area contributed by atoms with Crippen molar-refractivity contribution in [2.75, 3.05) is 0 Å². The van der Waals surface area contributed by atoms with Crippen molar-refractivity contribution in [2.24, 2.45) is 5.73 Å². The van der Waals surface area contributed by atoms with Crippen molar-refractivity contribution < 1.29 is 9.32 Å². The average Bonchev–Trinajstić information content (AvgIpc) is 2.71. The molecule has 4 nitrogen and oxygen atoms in total. The molecule has 15 heavy (non-hydrogen) atoms. The lowest BCUT2D eigenvalue weighted by Gasteiger charge is -2.02. The molecular formula is C11H9N2O2. The van der Waals surface area contributed by atoms with Gasteiger partial charge in [0.1, 0.15) is 5.76 Å². The molecule has 0 aliphatic heterocycles. The molecule has 2 N–H and O–H groups in total. The van der Waals surface area contributed by atoms with E-state index in [1.54, 1.807) is 36.9 Å². The molecule has 1 aromatic carbocycles. The van der Waals surface area contributed by atoms with Crippen LogP contribution in [0.3, 0.4) is 0 Å². The Morgan fingerprint density at radius 3 is 2.80 bits per heavy atom. The van der Waals surface area contributed by atoms with Crippen molar-refractivity contribution in [3.05, 3.63) is 59.8 Å². The van der Waals surface area contributed by atoms with Gasteiger partial charge < -0.3 is 10.3 Å². The molecule has 4 heteroatoms. The number of primary amides is 1. The molecule has 2 aromatic rings.